The monoisotopic (exact) mass is 538 g/mol. The fraction of sp³-hybridized carbons (Fsp3) is 0.481. The maximum atomic E-state index is 13.0. The summed E-state index contributed by atoms with van der Waals surface area (Å²) in [5.74, 6) is -1.18. The summed E-state index contributed by atoms with van der Waals surface area (Å²) in [4.78, 5) is 29.7. The zero-order valence-electron chi connectivity index (χ0n) is 21.8. The molecule has 1 saturated carbocycles. The molecule has 202 valence electrons. The van der Waals surface area contributed by atoms with E-state index in [0.29, 0.717) is 47.4 Å². The number of para-hydroxylation sites is 1. The van der Waals surface area contributed by atoms with Crippen molar-refractivity contribution >= 4 is 32.7 Å². The van der Waals surface area contributed by atoms with Gasteiger partial charge in [-0.2, -0.15) is 5.10 Å². The quantitative estimate of drug-likeness (QED) is 0.471. The van der Waals surface area contributed by atoms with E-state index in [1.54, 1.807) is 28.6 Å². The van der Waals surface area contributed by atoms with Crippen LogP contribution in [0, 0.1) is 19.8 Å². The number of pyridine rings is 1. The molecule has 0 radical (unpaired) electrons. The van der Waals surface area contributed by atoms with Gasteiger partial charge in [0.25, 0.3) is 5.91 Å². The zero-order chi connectivity index (χ0) is 27.2. The average molecular weight is 539 g/mol. The highest BCUT2D eigenvalue weighted by molar-refractivity contribution is 7.89. The van der Waals surface area contributed by atoms with Gasteiger partial charge in [0.15, 0.2) is 0 Å². The van der Waals surface area contributed by atoms with E-state index in [4.69, 9.17) is 16.6 Å². The lowest BCUT2D eigenvalue weighted by atomic mass is 9.92. The van der Waals surface area contributed by atoms with Gasteiger partial charge < -0.3 is 11.5 Å². The van der Waals surface area contributed by atoms with Crippen molar-refractivity contribution in [2.45, 2.75) is 64.2 Å². The van der Waals surface area contributed by atoms with Crippen LogP contribution in [0.15, 0.2) is 24.3 Å². The van der Waals surface area contributed by atoms with Crippen molar-refractivity contribution in [2.24, 2.45) is 17.4 Å². The molecule has 0 atom stereocenters. The number of carbonyl (C=O) groups is 2. The normalized spacial score (nSPS) is 17.8. The van der Waals surface area contributed by atoms with E-state index in [0.717, 1.165) is 44.2 Å². The first-order valence-corrected chi connectivity index (χ1v) is 14.7. The Hall–Kier alpha value is -3.31. The molecule has 11 heteroatoms. The fourth-order valence-corrected chi connectivity index (χ4v) is 8.18. The summed E-state index contributed by atoms with van der Waals surface area (Å²) in [7, 11) is -3.23. The van der Waals surface area contributed by atoms with Gasteiger partial charge in [-0.05, 0) is 51.5 Å². The molecule has 1 aliphatic carbocycles. The molecule has 3 heterocycles. The van der Waals surface area contributed by atoms with Crippen LogP contribution < -0.4 is 11.5 Å². The standard InChI is InChI=1S/C27H34N6O4S/c1-16-22(24-23(26(28)34)20-9-5-6-10-21(20)30-25(24)27(29)35)17(2)33(31-16)15-18-11-13-32(14-12-18)38(36,37)19-7-3-4-8-19/h5-6,9-10,18-19H,3-4,7-8,11-15H2,1-2H3,(H2,28,34)(H2,29,35). The topological polar surface area (TPSA) is 154 Å². The Morgan fingerprint density at radius 2 is 1.63 bits per heavy atom. The lowest BCUT2D eigenvalue weighted by molar-refractivity contribution is 0.0996. The van der Waals surface area contributed by atoms with Crippen molar-refractivity contribution in [1.82, 2.24) is 19.1 Å². The smallest absolute Gasteiger partial charge is 0.267 e. The summed E-state index contributed by atoms with van der Waals surface area (Å²) < 4.78 is 29.6. The number of fused-ring (bicyclic) bond motifs is 1. The van der Waals surface area contributed by atoms with Gasteiger partial charge in [0.2, 0.25) is 15.9 Å². The summed E-state index contributed by atoms with van der Waals surface area (Å²) in [6.45, 7) is 5.34. The van der Waals surface area contributed by atoms with Gasteiger partial charge in [-0.15, -0.1) is 0 Å². The van der Waals surface area contributed by atoms with E-state index >= 15 is 0 Å². The molecule has 1 aromatic carbocycles. The molecular weight excluding hydrogens is 504 g/mol. The van der Waals surface area contributed by atoms with Crippen molar-refractivity contribution in [3.05, 3.63) is 46.9 Å². The van der Waals surface area contributed by atoms with Crippen LogP contribution in [0.5, 0.6) is 0 Å². The van der Waals surface area contributed by atoms with E-state index in [2.05, 4.69) is 4.98 Å². The molecule has 4 N–H and O–H groups in total. The van der Waals surface area contributed by atoms with Crippen LogP contribution in [0.2, 0.25) is 0 Å². The number of hydrogen-bond donors (Lipinski definition) is 2. The van der Waals surface area contributed by atoms with Crippen LogP contribution in [0.1, 0.15) is 70.8 Å². The lowest BCUT2D eigenvalue weighted by Gasteiger charge is -2.33. The number of rotatable bonds is 7. The molecule has 3 aromatic rings. The zero-order valence-corrected chi connectivity index (χ0v) is 22.6. The number of sulfonamides is 1. The largest absolute Gasteiger partial charge is 0.366 e. The molecule has 2 amide bonds. The van der Waals surface area contributed by atoms with Crippen LogP contribution in [-0.2, 0) is 16.6 Å². The Morgan fingerprint density at radius 3 is 2.26 bits per heavy atom. The number of carbonyl (C=O) groups excluding carboxylic acids is 2. The first kappa shape index (κ1) is 26.3. The minimum Gasteiger partial charge on any atom is -0.366 e. The summed E-state index contributed by atoms with van der Waals surface area (Å²) >= 11 is 0. The fourth-order valence-electron chi connectivity index (χ4n) is 6.11. The highest BCUT2D eigenvalue weighted by Gasteiger charge is 2.36. The maximum absolute atomic E-state index is 13.0. The van der Waals surface area contributed by atoms with Crippen LogP contribution in [0.25, 0.3) is 22.0 Å². The van der Waals surface area contributed by atoms with E-state index in [1.165, 1.54) is 0 Å². The first-order valence-electron chi connectivity index (χ1n) is 13.1. The van der Waals surface area contributed by atoms with E-state index in [9.17, 15) is 18.0 Å². The van der Waals surface area contributed by atoms with Gasteiger partial charge in [-0.1, -0.05) is 31.0 Å². The van der Waals surface area contributed by atoms with Crippen molar-refractivity contribution in [1.29, 1.82) is 0 Å². The van der Waals surface area contributed by atoms with E-state index < -0.39 is 21.8 Å². The average Bonchev–Trinajstić information content (AvgIpc) is 3.52. The molecule has 10 nitrogen and oxygen atoms in total. The highest BCUT2D eigenvalue weighted by Crippen LogP contribution is 2.37. The molecule has 38 heavy (non-hydrogen) atoms. The summed E-state index contributed by atoms with van der Waals surface area (Å²) in [6, 6.07) is 7.01. The highest BCUT2D eigenvalue weighted by atomic mass is 32.2. The summed E-state index contributed by atoms with van der Waals surface area (Å²) in [5.41, 5.74) is 14.5. The number of piperidine rings is 1. The van der Waals surface area contributed by atoms with Gasteiger partial charge in [0, 0.05) is 41.8 Å². The third kappa shape index (κ3) is 4.58. The number of aryl methyl sites for hydroxylation is 1. The minimum absolute atomic E-state index is 0.0197. The van der Waals surface area contributed by atoms with Crippen molar-refractivity contribution in [3.8, 4) is 11.1 Å². The number of amides is 2. The number of nitrogens with two attached hydrogens (primary N) is 2. The van der Waals surface area contributed by atoms with E-state index in [-0.39, 0.29) is 22.4 Å². The van der Waals surface area contributed by atoms with E-state index in [1.807, 2.05) is 18.5 Å². The molecule has 2 fully saturated rings. The van der Waals surface area contributed by atoms with Crippen molar-refractivity contribution < 1.29 is 18.0 Å². The Balaban J connectivity index is 1.46. The maximum Gasteiger partial charge on any atom is 0.267 e. The molecule has 1 aliphatic heterocycles. The third-order valence-corrected chi connectivity index (χ3v) is 10.5. The first-order chi connectivity index (χ1) is 18.1. The van der Waals surface area contributed by atoms with Gasteiger partial charge in [-0.3, -0.25) is 14.3 Å². The number of hydrogen-bond acceptors (Lipinski definition) is 6. The third-order valence-electron chi connectivity index (χ3n) is 8.09. The minimum atomic E-state index is -3.23. The summed E-state index contributed by atoms with van der Waals surface area (Å²) in [5, 5.41) is 5.06. The molecule has 2 aromatic heterocycles. The molecular formula is C27H34N6O4S. The number of benzene rings is 1. The van der Waals surface area contributed by atoms with Gasteiger partial charge in [0.1, 0.15) is 5.69 Å². The molecule has 0 bridgehead atoms. The summed E-state index contributed by atoms with van der Waals surface area (Å²) in [6.07, 6.45) is 5.00. The van der Waals surface area contributed by atoms with Crippen molar-refractivity contribution in [2.75, 3.05) is 13.1 Å². The Kier molecular flexibility index (Phi) is 6.99. The predicted octanol–water partition coefficient (Wildman–Crippen LogP) is 2.90. The van der Waals surface area contributed by atoms with Crippen LogP contribution in [0.4, 0.5) is 0 Å². The molecule has 1 saturated heterocycles. The second kappa shape index (κ2) is 10.1. The second-order valence-electron chi connectivity index (χ2n) is 10.5. The van der Waals surface area contributed by atoms with Gasteiger partial charge in [-0.25, -0.2) is 17.7 Å². The molecule has 5 rings (SSSR count). The van der Waals surface area contributed by atoms with Crippen LogP contribution >= 0.6 is 0 Å². The Morgan fingerprint density at radius 1 is 0.974 bits per heavy atom. The van der Waals surface area contributed by atoms with Gasteiger partial charge >= 0.3 is 0 Å². The Bertz CT molecular complexity index is 1520. The van der Waals surface area contributed by atoms with Crippen LogP contribution in [0.3, 0.4) is 0 Å². The molecule has 0 spiro atoms. The predicted molar refractivity (Wildman–Crippen MR) is 145 cm³/mol. The molecule has 0 unspecified atom stereocenters. The second-order valence-corrected chi connectivity index (χ2v) is 12.7. The lowest BCUT2D eigenvalue weighted by Crippen LogP contribution is -2.43. The SMILES string of the molecule is Cc1nn(CC2CCN(S(=O)(=O)C3CCCC3)CC2)c(C)c1-c1c(C(N)=O)nc2ccccc2c1C(N)=O. The Labute approximate surface area is 222 Å². The number of aromatic nitrogens is 3. The van der Waals surface area contributed by atoms with Gasteiger partial charge in [0.05, 0.1) is 22.0 Å². The van der Waals surface area contributed by atoms with Crippen molar-refractivity contribution in [3.63, 3.8) is 0 Å². The molecule has 2 aliphatic rings. The number of nitrogens with zero attached hydrogens (tertiary/aromatic N) is 4. The number of primary amides is 2. The van der Waals surface area contributed by atoms with Crippen LogP contribution in [-0.4, -0.2) is 57.6 Å².